The minimum Gasteiger partial charge on any atom is -0.389 e. The molecule has 0 amide bonds. The second-order valence-corrected chi connectivity index (χ2v) is 5.64. The van der Waals surface area contributed by atoms with Crippen molar-refractivity contribution in [1.82, 2.24) is 0 Å². The van der Waals surface area contributed by atoms with Crippen molar-refractivity contribution in [1.29, 1.82) is 0 Å². The maximum absolute atomic E-state index is 9.45. The number of rotatable bonds is 1. The zero-order valence-corrected chi connectivity index (χ0v) is 10.0. The van der Waals surface area contributed by atoms with Gasteiger partial charge in [-0.05, 0) is 43.4 Å². The van der Waals surface area contributed by atoms with Gasteiger partial charge in [0.05, 0.1) is 6.10 Å². The van der Waals surface area contributed by atoms with Crippen LogP contribution < -0.4 is 0 Å². The maximum atomic E-state index is 9.45. The third-order valence-electron chi connectivity index (χ3n) is 4.51. The Morgan fingerprint density at radius 3 is 2.47 bits per heavy atom. The minimum atomic E-state index is -0.195. The SMILES string of the molecule is CC1=CCC(C2C=CC(O)CC2)C1(C)C. The lowest BCUT2D eigenvalue weighted by molar-refractivity contribution is 0.158. The van der Waals surface area contributed by atoms with Crippen molar-refractivity contribution in [3.05, 3.63) is 23.8 Å². The molecule has 0 aromatic heterocycles. The van der Waals surface area contributed by atoms with E-state index >= 15 is 0 Å². The summed E-state index contributed by atoms with van der Waals surface area (Å²) in [7, 11) is 0. The molecule has 3 unspecified atom stereocenters. The van der Waals surface area contributed by atoms with E-state index in [0.29, 0.717) is 11.3 Å². The van der Waals surface area contributed by atoms with E-state index in [2.05, 4.69) is 32.9 Å². The standard InChI is InChI=1S/C14H22O/c1-10-4-9-13(14(10,2)3)11-5-7-12(15)8-6-11/h4-5,7,11-13,15H,6,8-9H2,1-3H3. The van der Waals surface area contributed by atoms with Gasteiger partial charge in [0.25, 0.3) is 0 Å². The normalized spacial score (nSPS) is 39.2. The van der Waals surface area contributed by atoms with Gasteiger partial charge in [0.2, 0.25) is 0 Å². The highest BCUT2D eigenvalue weighted by molar-refractivity contribution is 5.21. The van der Waals surface area contributed by atoms with Crippen molar-refractivity contribution in [2.45, 2.75) is 46.1 Å². The van der Waals surface area contributed by atoms with Gasteiger partial charge in [-0.15, -0.1) is 0 Å². The topological polar surface area (TPSA) is 20.2 Å². The van der Waals surface area contributed by atoms with E-state index in [4.69, 9.17) is 0 Å². The summed E-state index contributed by atoms with van der Waals surface area (Å²) in [6.07, 6.45) is 9.72. The number of hydrogen-bond acceptors (Lipinski definition) is 1. The van der Waals surface area contributed by atoms with E-state index in [-0.39, 0.29) is 6.10 Å². The Kier molecular flexibility index (Phi) is 2.76. The summed E-state index contributed by atoms with van der Waals surface area (Å²) >= 11 is 0. The van der Waals surface area contributed by atoms with Crippen molar-refractivity contribution in [3.8, 4) is 0 Å². The fraction of sp³-hybridized carbons (Fsp3) is 0.714. The lowest BCUT2D eigenvalue weighted by Gasteiger charge is -2.36. The number of aliphatic hydroxyl groups excluding tert-OH is 1. The lowest BCUT2D eigenvalue weighted by atomic mass is 9.69. The zero-order chi connectivity index (χ0) is 11.1. The molecule has 84 valence electrons. The summed E-state index contributed by atoms with van der Waals surface area (Å²) in [5, 5.41) is 9.45. The molecule has 0 spiro atoms. The molecule has 1 heteroatoms. The van der Waals surface area contributed by atoms with Crippen LogP contribution in [-0.4, -0.2) is 11.2 Å². The van der Waals surface area contributed by atoms with Gasteiger partial charge in [-0.1, -0.05) is 37.6 Å². The van der Waals surface area contributed by atoms with Gasteiger partial charge >= 0.3 is 0 Å². The van der Waals surface area contributed by atoms with Gasteiger partial charge < -0.3 is 5.11 Å². The summed E-state index contributed by atoms with van der Waals surface area (Å²) in [5.74, 6) is 1.40. The Balaban J connectivity index is 2.11. The Morgan fingerprint density at radius 2 is 2.00 bits per heavy atom. The Bertz CT molecular complexity index is 298. The van der Waals surface area contributed by atoms with Crippen LogP contribution in [0.25, 0.3) is 0 Å². The summed E-state index contributed by atoms with van der Waals surface area (Å²) in [6.45, 7) is 6.96. The first-order chi connectivity index (χ1) is 7.01. The largest absolute Gasteiger partial charge is 0.389 e. The third kappa shape index (κ3) is 1.90. The average molecular weight is 206 g/mol. The Morgan fingerprint density at radius 1 is 1.27 bits per heavy atom. The van der Waals surface area contributed by atoms with Crippen LogP contribution in [0.3, 0.4) is 0 Å². The molecule has 1 N–H and O–H groups in total. The second kappa shape index (κ2) is 3.79. The van der Waals surface area contributed by atoms with Crippen molar-refractivity contribution in [3.63, 3.8) is 0 Å². The summed E-state index contributed by atoms with van der Waals surface area (Å²) in [6, 6.07) is 0. The van der Waals surface area contributed by atoms with Gasteiger partial charge in [0.1, 0.15) is 0 Å². The molecule has 0 aliphatic heterocycles. The van der Waals surface area contributed by atoms with Gasteiger partial charge in [-0.3, -0.25) is 0 Å². The predicted octanol–water partition coefficient (Wildman–Crippen LogP) is 3.31. The predicted molar refractivity (Wildman–Crippen MR) is 63.5 cm³/mol. The first-order valence-corrected chi connectivity index (χ1v) is 6.05. The average Bonchev–Trinajstić information content (AvgIpc) is 2.44. The highest BCUT2D eigenvalue weighted by Crippen LogP contribution is 2.48. The molecule has 15 heavy (non-hydrogen) atoms. The van der Waals surface area contributed by atoms with Crippen LogP contribution in [-0.2, 0) is 0 Å². The molecule has 0 heterocycles. The molecule has 0 aromatic carbocycles. The van der Waals surface area contributed by atoms with Gasteiger partial charge in [-0.2, -0.15) is 0 Å². The van der Waals surface area contributed by atoms with E-state index in [9.17, 15) is 5.11 Å². The van der Waals surface area contributed by atoms with Crippen molar-refractivity contribution in [2.75, 3.05) is 0 Å². The smallest absolute Gasteiger partial charge is 0.0721 e. The maximum Gasteiger partial charge on any atom is 0.0721 e. The molecule has 0 bridgehead atoms. The summed E-state index contributed by atoms with van der Waals surface area (Å²) < 4.78 is 0. The van der Waals surface area contributed by atoms with Crippen LogP contribution in [0.4, 0.5) is 0 Å². The van der Waals surface area contributed by atoms with Crippen LogP contribution in [0.15, 0.2) is 23.8 Å². The molecule has 0 saturated heterocycles. The lowest BCUT2D eigenvalue weighted by Crippen LogP contribution is -2.29. The van der Waals surface area contributed by atoms with Crippen LogP contribution >= 0.6 is 0 Å². The molecule has 0 aromatic rings. The number of allylic oxidation sites excluding steroid dienone is 3. The number of aliphatic hydroxyl groups is 1. The van der Waals surface area contributed by atoms with Crippen molar-refractivity contribution < 1.29 is 5.11 Å². The monoisotopic (exact) mass is 206 g/mol. The van der Waals surface area contributed by atoms with E-state index in [1.165, 1.54) is 12.0 Å². The molecule has 0 saturated carbocycles. The summed E-state index contributed by atoms with van der Waals surface area (Å²) in [4.78, 5) is 0. The summed E-state index contributed by atoms with van der Waals surface area (Å²) in [5.41, 5.74) is 1.88. The second-order valence-electron chi connectivity index (χ2n) is 5.64. The molecule has 0 fully saturated rings. The van der Waals surface area contributed by atoms with E-state index in [1.54, 1.807) is 0 Å². The molecule has 2 aliphatic carbocycles. The third-order valence-corrected chi connectivity index (χ3v) is 4.51. The van der Waals surface area contributed by atoms with E-state index in [0.717, 1.165) is 18.8 Å². The van der Waals surface area contributed by atoms with Crippen LogP contribution in [0, 0.1) is 17.3 Å². The molecule has 2 aliphatic rings. The molecule has 1 nitrogen and oxygen atoms in total. The van der Waals surface area contributed by atoms with Crippen LogP contribution in [0.2, 0.25) is 0 Å². The zero-order valence-electron chi connectivity index (χ0n) is 10.0. The van der Waals surface area contributed by atoms with Gasteiger partial charge in [0, 0.05) is 0 Å². The molecule has 3 atom stereocenters. The fourth-order valence-electron chi connectivity index (χ4n) is 3.03. The van der Waals surface area contributed by atoms with E-state index in [1.807, 2.05) is 6.08 Å². The minimum absolute atomic E-state index is 0.195. The van der Waals surface area contributed by atoms with Gasteiger partial charge in [0.15, 0.2) is 0 Å². The molecular weight excluding hydrogens is 184 g/mol. The van der Waals surface area contributed by atoms with Crippen LogP contribution in [0.5, 0.6) is 0 Å². The fourth-order valence-corrected chi connectivity index (χ4v) is 3.03. The molecule has 2 rings (SSSR count). The molecular formula is C14H22O. The van der Waals surface area contributed by atoms with Crippen molar-refractivity contribution >= 4 is 0 Å². The Hall–Kier alpha value is -0.560. The first kappa shape index (κ1) is 10.9. The Labute approximate surface area is 92.9 Å². The highest BCUT2D eigenvalue weighted by Gasteiger charge is 2.39. The van der Waals surface area contributed by atoms with E-state index < -0.39 is 0 Å². The van der Waals surface area contributed by atoms with Crippen molar-refractivity contribution in [2.24, 2.45) is 17.3 Å². The first-order valence-electron chi connectivity index (χ1n) is 6.05. The molecule has 0 radical (unpaired) electrons. The van der Waals surface area contributed by atoms with Gasteiger partial charge in [-0.25, -0.2) is 0 Å². The highest BCUT2D eigenvalue weighted by atomic mass is 16.3. The van der Waals surface area contributed by atoms with Crippen LogP contribution in [0.1, 0.15) is 40.0 Å². The quantitative estimate of drug-likeness (QED) is 0.653. The number of hydrogen-bond donors (Lipinski definition) is 1.